The van der Waals surface area contributed by atoms with Crippen molar-refractivity contribution in [1.29, 1.82) is 0 Å². The number of carbonyl (C=O) groups excluding carboxylic acids is 2. The first kappa shape index (κ1) is 27.6. The predicted octanol–water partition coefficient (Wildman–Crippen LogP) is 4.86. The molecule has 1 aromatic heterocycles. The van der Waals surface area contributed by atoms with Crippen LogP contribution < -0.4 is 4.90 Å². The first-order valence-corrected chi connectivity index (χ1v) is 14.6. The third-order valence-electron chi connectivity index (χ3n) is 7.30. The summed E-state index contributed by atoms with van der Waals surface area (Å²) in [5, 5.41) is 18.7. The predicted molar refractivity (Wildman–Crippen MR) is 152 cm³/mol. The average molecular weight is 641 g/mol. The lowest BCUT2D eigenvalue weighted by atomic mass is 9.90. The number of rotatable bonds is 7. The minimum absolute atomic E-state index is 0.0179. The van der Waals surface area contributed by atoms with Crippen LogP contribution >= 0.6 is 27.7 Å². The number of hydrogen-bond donors (Lipinski definition) is 1. The molecule has 0 radical (unpaired) electrons. The molecule has 2 amide bonds. The van der Waals surface area contributed by atoms with E-state index in [1.807, 2.05) is 24.3 Å². The van der Waals surface area contributed by atoms with Crippen LogP contribution in [0.3, 0.4) is 0 Å². The van der Waals surface area contributed by atoms with Crippen LogP contribution in [0.25, 0.3) is 0 Å². The van der Waals surface area contributed by atoms with Gasteiger partial charge in [-0.3, -0.25) is 9.59 Å². The Morgan fingerprint density at radius 1 is 1.07 bits per heavy atom. The fourth-order valence-electron chi connectivity index (χ4n) is 5.08. The van der Waals surface area contributed by atoms with Gasteiger partial charge in [-0.2, -0.15) is 0 Å². The molecule has 0 spiro atoms. The highest BCUT2D eigenvalue weighted by Gasteiger charge is 2.49. The van der Waals surface area contributed by atoms with Crippen LogP contribution in [-0.4, -0.2) is 56.4 Å². The van der Waals surface area contributed by atoms with Crippen molar-refractivity contribution < 1.29 is 23.5 Å². The van der Waals surface area contributed by atoms with Gasteiger partial charge in [0.2, 0.25) is 5.91 Å². The summed E-state index contributed by atoms with van der Waals surface area (Å²) in [4.78, 5) is 29.9. The van der Waals surface area contributed by atoms with E-state index in [4.69, 9.17) is 0 Å². The molecule has 2 fully saturated rings. The summed E-state index contributed by atoms with van der Waals surface area (Å²) in [5.41, 5.74) is 0.229. The van der Waals surface area contributed by atoms with E-state index in [1.54, 1.807) is 41.4 Å². The Morgan fingerprint density at radius 3 is 2.54 bits per heavy atom. The molecule has 6 rings (SSSR count). The molecule has 2 atom stereocenters. The van der Waals surface area contributed by atoms with Crippen molar-refractivity contribution in [3.8, 4) is 0 Å². The van der Waals surface area contributed by atoms with E-state index >= 15 is 0 Å². The van der Waals surface area contributed by atoms with E-state index in [0.29, 0.717) is 18.5 Å². The van der Waals surface area contributed by atoms with Gasteiger partial charge in [0.05, 0.1) is 19.3 Å². The first-order valence-electron chi connectivity index (χ1n) is 12.9. The summed E-state index contributed by atoms with van der Waals surface area (Å²) in [7, 11) is 0. The van der Waals surface area contributed by atoms with Crippen LogP contribution in [0.15, 0.2) is 88.4 Å². The molecule has 210 valence electrons. The summed E-state index contributed by atoms with van der Waals surface area (Å²) in [5.74, 6) is -1.69. The largest absolute Gasteiger partial charge is 0.380 e. The molecule has 0 saturated carbocycles. The van der Waals surface area contributed by atoms with E-state index in [-0.39, 0.29) is 35.5 Å². The van der Waals surface area contributed by atoms with Crippen LogP contribution in [0.2, 0.25) is 0 Å². The van der Waals surface area contributed by atoms with Gasteiger partial charge in [-0.05, 0) is 54.4 Å². The second-order valence-corrected chi connectivity index (χ2v) is 12.1. The lowest BCUT2D eigenvalue weighted by molar-refractivity contribution is -0.157. The number of amides is 2. The molecule has 12 heteroatoms. The standard InChI is InChI=1S/C29H24BrF2N5O3S/c30-19-6-9-21(10-7-19)36-13-12-23(27(36)38)37-15-25(33-34-37)29(40)16-35(17-29)28(39)26(18-4-2-1-3-5-18)41-24-14-20(31)8-11-22(24)32/h1-11,14-15,23,26,40H,12-13,16-17H2. The fraction of sp³-hybridized carbons (Fsp3) is 0.241. The number of thioether (sulfide) groups is 1. The number of likely N-dealkylation sites (tertiary alicyclic amines) is 1. The van der Waals surface area contributed by atoms with Crippen LogP contribution in [0.1, 0.15) is 29.0 Å². The molecule has 2 aliphatic heterocycles. The van der Waals surface area contributed by atoms with Crippen molar-refractivity contribution in [2.45, 2.75) is 28.2 Å². The summed E-state index contributed by atoms with van der Waals surface area (Å²) in [6, 6.07) is 18.9. The Balaban J connectivity index is 1.16. The SMILES string of the molecule is O=C(C(Sc1cc(F)ccc1F)c1ccccc1)N1CC(O)(c2cn(C3CCN(c4ccc(Br)cc4)C3=O)nn2)C1. The first-order chi connectivity index (χ1) is 19.7. The summed E-state index contributed by atoms with van der Waals surface area (Å²) in [6.45, 7) is 0.421. The molecule has 41 heavy (non-hydrogen) atoms. The second-order valence-electron chi connectivity index (χ2n) is 10.1. The molecular weight excluding hydrogens is 616 g/mol. The molecule has 3 heterocycles. The summed E-state index contributed by atoms with van der Waals surface area (Å²) >= 11 is 4.32. The van der Waals surface area contributed by atoms with Crippen molar-refractivity contribution in [3.05, 3.63) is 106 Å². The smallest absolute Gasteiger partial charge is 0.251 e. The van der Waals surface area contributed by atoms with E-state index in [9.17, 15) is 23.5 Å². The molecule has 1 N–H and O–H groups in total. The van der Waals surface area contributed by atoms with E-state index < -0.39 is 28.5 Å². The maximum absolute atomic E-state index is 14.4. The number of benzene rings is 3. The lowest BCUT2D eigenvalue weighted by Crippen LogP contribution is -2.62. The van der Waals surface area contributed by atoms with Gasteiger partial charge in [-0.25, -0.2) is 13.5 Å². The van der Waals surface area contributed by atoms with Gasteiger partial charge in [0, 0.05) is 21.6 Å². The third kappa shape index (κ3) is 5.39. The van der Waals surface area contributed by atoms with Gasteiger partial charge in [-0.15, -0.1) is 16.9 Å². The number of hydrogen-bond acceptors (Lipinski definition) is 6. The number of carbonyl (C=O) groups is 2. The Labute approximate surface area is 247 Å². The van der Waals surface area contributed by atoms with E-state index in [2.05, 4.69) is 26.2 Å². The Morgan fingerprint density at radius 2 is 1.80 bits per heavy atom. The number of aromatic nitrogens is 3. The molecule has 8 nitrogen and oxygen atoms in total. The van der Waals surface area contributed by atoms with Crippen molar-refractivity contribution in [1.82, 2.24) is 19.9 Å². The molecule has 2 unspecified atom stereocenters. The second kappa shape index (κ2) is 11.0. The maximum Gasteiger partial charge on any atom is 0.251 e. The third-order valence-corrected chi connectivity index (χ3v) is 9.11. The zero-order valence-electron chi connectivity index (χ0n) is 21.5. The zero-order chi connectivity index (χ0) is 28.7. The van der Waals surface area contributed by atoms with Crippen LogP contribution in [0.5, 0.6) is 0 Å². The number of aliphatic hydroxyl groups is 1. The van der Waals surface area contributed by atoms with Crippen molar-refractivity contribution in [2.75, 3.05) is 24.5 Å². The highest BCUT2D eigenvalue weighted by atomic mass is 79.9. The van der Waals surface area contributed by atoms with Gasteiger partial charge >= 0.3 is 0 Å². The highest BCUT2D eigenvalue weighted by molar-refractivity contribution is 9.10. The molecule has 2 saturated heterocycles. The Hall–Kier alpha value is -3.61. The number of nitrogens with zero attached hydrogens (tertiary/aromatic N) is 5. The quantitative estimate of drug-likeness (QED) is 0.291. The van der Waals surface area contributed by atoms with Crippen LogP contribution in [-0.2, 0) is 15.2 Å². The minimum atomic E-state index is -1.45. The van der Waals surface area contributed by atoms with Crippen LogP contribution in [0, 0.1) is 11.6 Å². The van der Waals surface area contributed by atoms with E-state index in [0.717, 1.165) is 40.1 Å². The zero-order valence-corrected chi connectivity index (χ0v) is 23.9. The van der Waals surface area contributed by atoms with Gasteiger partial charge in [0.25, 0.3) is 5.91 Å². The Kier molecular flexibility index (Phi) is 7.39. The summed E-state index contributed by atoms with van der Waals surface area (Å²) in [6.07, 6.45) is 2.09. The number of anilines is 1. The lowest BCUT2D eigenvalue weighted by Gasteiger charge is -2.46. The van der Waals surface area contributed by atoms with Gasteiger partial charge in [0.15, 0.2) is 0 Å². The van der Waals surface area contributed by atoms with Crippen molar-refractivity contribution in [3.63, 3.8) is 0 Å². The van der Waals surface area contributed by atoms with Crippen LogP contribution in [0.4, 0.5) is 14.5 Å². The minimum Gasteiger partial charge on any atom is -0.380 e. The van der Waals surface area contributed by atoms with Gasteiger partial charge < -0.3 is 14.9 Å². The monoisotopic (exact) mass is 639 g/mol. The number of halogens is 3. The molecule has 4 aromatic rings. The summed E-state index contributed by atoms with van der Waals surface area (Å²) < 4.78 is 30.7. The van der Waals surface area contributed by atoms with Gasteiger partial charge in [0.1, 0.15) is 34.2 Å². The normalized spacial score (nSPS) is 18.8. The molecule has 3 aromatic carbocycles. The Bertz CT molecular complexity index is 1600. The van der Waals surface area contributed by atoms with Crippen molar-refractivity contribution in [2.24, 2.45) is 0 Å². The molecule has 0 bridgehead atoms. The van der Waals surface area contributed by atoms with Crippen molar-refractivity contribution >= 4 is 45.2 Å². The van der Waals surface area contributed by atoms with E-state index in [1.165, 1.54) is 9.58 Å². The molecular formula is C29H24BrF2N5O3S. The average Bonchev–Trinajstić information content (AvgIpc) is 3.59. The maximum atomic E-state index is 14.4. The molecule has 0 aliphatic carbocycles. The topological polar surface area (TPSA) is 91.6 Å². The molecule has 2 aliphatic rings. The highest BCUT2D eigenvalue weighted by Crippen LogP contribution is 2.41. The number of β-amino-alcohol motifs (C(OH)–C–C–N with tert-alkyl or cyclic N) is 1. The van der Waals surface area contributed by atoms with Gasteiger partial charge in [-0.1, -0.05) is 51.5 Å². The fourth-order valence-corrected chi connectivity index (χ4v) is 6.50.